The van der Waals surface area contributed by atoms with Crippen molar-refractivity contribution in [2.24, 2.45) is 0 Å². The molecule has 5 heteroatoms. The molecule has 1 aromatic rings. The number of aryl methyl sites for hydroxylation is 1. The van der Waals surface area contributed by atoms with E-state index in [1.165, 1.54) is 6.92 Å². The highest BCUT2D eigenvalue weighted by Gasteiger charge is 2.13. The first-order chi connectivity index (χ1) is 9.42. The van der Waals surface area contributed by atoms with Crippen LogP contribution in [0.5, 0.6) is 5.75 Å². The van der Waals surface area contributed by atoms with Crippen LogP contribution in [0.15, 0.2) is 18.2 Å². The Bertz CT molecular complexity index is 485. The molecule has 20 heavy (non-hydrogen) atoms. The summed E-state index contributed by atoms with van der Waals surface area (Å²) in [6.45, 7) is 3.39. The molecule has 1 amide bonds. The molecule has 5 nitrogen and oxygen atoms in total. The van der Waals surface area contributed by atoms with Gasteiger partial charge in [0, 0.05) is 19.4 Å². The zero-order valence-corrected chi connectivity index (χ0v) is 12.1. The van der Waals surface area contributed by atoms with Crippen LogP contribution in [0.1, 0.15) is 30.9 Å². The van der Waals surface area contributed by atoms with E-state index in [4.69, 9.17) is 9.84 Å². The number of carboxylic acid groups (broad SMARTS) is 1. The van der Waals surface area contributed by atoms with Gasteiger partial charge < -0.3 is 15.2 Å². The van der Waals surface area contributed by atoms with Crippen molar-refractivity contribution in [2.45, 2.75) is 39.2 Å². The molecule has 0 fully saturated rings. The average molecular weight is 279 g/mol. The number of hydrogen-bond acceptors (Lipinski definition) is 3. The number of hydrogen-bond donors (Lipinski definition) is 2. The molecular weight excluding hydrogens is 258 g/mol. The maximum absolute atomic E-state index is 11.2. The summed E-state index contributed by atoms with van der Waals surface area (Å²) in [5.74, 6) is -0.188. The molecule has 1 atom stereocenters. The summed E-state index contributed by atoms with van der Waals surface area (Å²) in [5.41, 5.74) is 2.07. The van der Waals surface area contributed by atoms with Crippen LogP contribution in [0.4, 0.5) is 0 Å². The molecule has 0 radical (unpaired) electrons. The quantitative estimate of drug-likeness (QED) is 0.799. The van der Waals surface area contributed by atoms with Gasteiger partial charge in [-0.3, -0.25) is 9.59 Å². The molecule has 1 aromatic carbocycles. The van der Waals surface area contributed by atoms with Gasteiger partial charge in [-0.15, -0.1) is 0 Å². The van der Waals surface area contributed by atoms with Crippen molar-refractivity contribution in [3.05, 3.63) is 29.3 Å². The SMILES string of the molecule is COc1ccc(CC(CCC(=O)O)NC(C)=O)cc1C. The van der Waals surface area contributed by atoms with Crippen LogP contribution in [0.2, 0.25) is 0 Å². The van der Waals surface area contributed by atoms with Gasteiger partial charge in [-0.2, -0.15) is 0 Å². The van der Waals surface area contributed by atoms with Crippen LogP contribution in [0, 0.1) is 6.92 Å². The minimum absolute atomic E-state index is 0.0417. The predicted molar refractivity (Wildman–Crippen MR) is 75.9 cm³/mol. The van der Waals surface area contributed by atoms with Crippen LogP contribution in [-0.2, 0) is 16.0 Å². The van der Waals surface area contributed by atoms with Crippen LogP contribution < -0.4 is 10.1 Å². The number of aliphatic carboxylic acids is 1. The minimum atomic E-state index is -0.855. The van der Waals surface area contributed by atoms with Gasteiger partial charge in [0.25, 0.3) is 0 Å². The van der Waals surface area contributed by atoms with Gasteiger partial charge in [0.1, 0.15) is 5.75 Å². The normalized spacial score (nSPS) is 11.8. The fourth-order valence-electron chi connectivity index (χ4n) is 2.16. The second-order valence-corrected chi connectivity index (χ2v) is 4.84. The van der Waals surface area contributed by atoms with Crippen molar-refractivity contribution in [3.8, 4) is 5.75 Å². The molecular formula is C15H21NO4. The zero-order valence-electron chi connectivity index (χ0n) is 12.1. The maximum atomic E-state index is 11.2. The van der Waals surface area contributed by atoms with Crippen LogP contribution in [-0.4, -0.2) is 30.1 Å². The average Bonchev–Trinajstić information content (AvgIpc) is 2.35. The Kier molecular flexibility index (Phi) is 6.03. The largest absolute Gasteiger partial charge is 0.496 e. The van der Waals surface area contributed by atoms with Crippen molar-refractivity contribution in [1.82, 2.24) is 5.32 Å². The Morgan fingerprint density at radius 2 is 2.10 bits per heavy atom. The Balaban J connectivity index is 2.74. The van der Waals surface area contributed by atoms with E-state index < -0.39 is 5.97 Å². The van der Waals surface area contributed by atoms with Gasteiger partial charge in [-0.25, -0.2) is 0 Å². The Labute approximate surface area is 118 Å². The van der Waals surface area contributed by atoms with Gasteiger partial charge in [-0.05, 0) is 37.0 Å². The molecule has 0 heterocycles. The first-order valence-corrected chi connectivity index (χ1v) is 6.54. The van der Waals surface area contributed by atoms with Crippen molar-refractivity contribution >= 4 is 11.9 Å². The number of ether oxygens (including phenoxy) is 1. The minimum Gasteiger partial charge on any atom is -0.496 e. The molecule has 0 aliphatic rings. The number of carbonyl (C=O) groups is 2. The fourth-order valence-corrected chi connectivity index (χ4v) is 2.16. The molecule has 1 unspecified atom stereocenters. The second-order valence-electron chi connectivity index (χ2n) is 4.84. The summed E-state index contributed by atoms with van der Waals surface area (Å²) >= 11 is 0. The monoisotopic (exact) mass is 279 g/mol. The Morgan fingerprint density at radius 1 is 1.40 bits per heavy atom. The number of rotatable bonds is 7. The van der Waals surface area contributed by atoms with Crippen molar-refractivity contribution in [3.63, 3.8) is 0 Å². The van der Waals surface area contributed by atoms with Gasteiger partial charge >= 0.3 is 5.97 Å². The summed E-state index contributed by atoms with van der Waals surface area (Å²) in [6.07, 6.45) is 1.07. The summed E-state index contributed by atoms with van der Waals surface area (Å²) in [4.78, 5) is 21.8. The van der Waals surface area contributed by atoms with Crippen LogP contribution in [0.3, 0.4) is 0 Å². The lowest BCUT2D eigenvalue weighted by molar-refractivity contribution is -0.137. The molecule has 2 N–H and O–H groups in total. The van der Waals surface area contributed by atoms with Crippen LogP contribution in [0.25, 0.3) is 0 Å². The number of amides is 1. The lowest BCUT2D eigenvalue weighted by atomic mass is 10.00. The number of nitrogens with one attached hydrogen (secondary N) is 1. The van der Waals surface area contributed by atoms with E-state index in [1.807, 2.05) is 25.1 Å². The van der Waals surface area contributed by atoms with E-state index >= 15 is 0 Å². The van der Waals surface area contributed by atoms with Crippen molar-refractivity contribution in [1.29, 1.82) is 0 Å². The standard InChI is InChI=1S/C15H21NO4/c1-10-8-12(4-6-14(10)20-3)9-13(16-11(2)17)5-7-15(18)19/h4,6,8,13H,5,7,9H2,1-3H3,(H,16,17)(H,18,19). The highest BCUT2D eigenvalue weighted by atomic mass is 16.5. The van der Waals surface area contributed by atoms with E-state index in [2.05, 4.69) is 5.32 Å². The third-order valence-corrected chi connectivity index (χ3v) is 3.06. The first kappa shape index (κ1) is 16.0. The van der Waals surface area contributed by atoms with E-state index in [0.717, 1.165) is 16.9 Å². The highest BCUT2D eigenvalue weighted by Crippen LogP contribution is 2.20. The van der Waals surface area contributed by atoms with Gasteiger partial charge in [0.05, 0.1) is 7.11 Å². The van der Waals surface area contributed by atoms with E-state index in [1.54, 1.807) is 7.11 Å². The van der Waals surface area contributed by atoms with Crippen molar-refractivity contribution in [2.75, 3.05) is 7.11 Å². The van der Waals surface area contributed by atoms with Crippen LogP contribution >= 0.6 is 0 Å². The Morgan fingerprint density at radius 3 is 2.60 bits per heavy atom. The molecule has 0 saturated heterocycles. The number of carbonyl (C=O) groups excluding carboxylic acids is 1. The van der Waals surface area contributed by atoms with Gasteiger partial charge in [0.15, 0.2) is 0 Å². The topological polar surface area (TPSA) is 75.6 Å². The summed E-state index contributed by atoms with van der Waals surface area (Å²) in [5, 5.41) is 11.5. The smallest absolute Gasteiger partial charge is 0.303 e. The zero-order chi connectivity index (χ0) is 15.1. The molecule has 0 bridgehead atoms. The number of methoxy groups -OCH3 is 1. The lowest BCUT2D eigenvalue weighted by Gasteiger charge is -2.18. The molecule has 0 aliphatic carbocycles. The van der Waals surface area contributed by atoms with Crippen molar-refractivity contribution < 1.29 is 19.4 Å². The third-order valence-electron chi connectivity index (χ3n) is 3.06. The van der Waals surface area contributed by atoms with E-state index in [0.29, 0.717) is 12.8 Å². The van der Waals surface area contributed by atoms with Gasteiger partial charge in [0.2, 0.25) is 5.91 Å². The summed E-state index contributed by atoms with van der Waals surface area (Å²) in [6, 6.07) is 5.64. The molecule has 0 saturated carbocycles. The predicted octanol–water partition coefficient (Wildman–Crippen LogP) is 1.92. The fraction of sp³-hybridized carbons (Fsp3) is 0.467. The molecule has 0 spiro atoms. The number of benzene rings is 1. The second kappa shape index (κ2) is 7.53. The van der Waals surface area contributed by atoms with E-state index in [-0.39, 0.29) is 18.4 Å². The molecule has 110 valence electrons. The Hall–Kier alpha value is -2.04. The summed E-state index contributed by atoms with van der Waals surface area (Å²) < 4.78 is 5.20. The lowest BCUT2D eigenvalue weighted by Crippen LogP contribution is -2.35. The highest BCUT2D eigenvalue weighted by molar-refractivity contribution is 5.73. The molecule has 1 rings (SSSR count). The third kappa shape index (κ3) is 5.30. The maximum Gasteiger partial charge on any atom is 0.303 e. The van der Waals surface area contributed by atoms with E-state index in [9.17, 15) is 9.59 Å². The van der Waals surface area contributed by atoms with Gasteiger partial charge in [-0.1, -0.05) is 12.1 Å². The summed E-state index contributed by atoms with van der Waals surface area (Å²) in [7, 11) is 1.62. The molecule has 0 aliphatic heterocycles. The number of carboxylic acids is 1. The first-order valence-electron chi connectivity index (χ1n) is 6.54. The molecule has 0 aromatic heterocycles.